The fourth-order valence-electron chi connectivity index (χ4n) is 2.10. The highest BCUT2D eigenvalue weighted by molar-refractivity contribution is 9.10. The molecular formula is C15H12BrFN2S. The van der Waals surface area contributed by atoms with Gasteiger partial charge < -0.3 is 5.73 Å². The zero-order valence-corrected chi connectivity index (χ0v) is 12.9. The summed E-state index contributed by atoms with van der Waals surface area (Å²) in [7, 11) is 0. The number of thiazole rings is 1. The first-order valence-corrected chi connectivity index (χ1v) is 7.79. The number of hydrogen-bond donors (Lipinski definition) is 1. The summed E-state index contributed by atoms with van der Waals surface area (Å²) in [6, 6.07) is 12.3. The van der Waals surface area contributed by atoms with Crippen LogP contribution >= 0.6 is 27.3 Å². The number of aromatic nitrogens is 1. The van der Waals surface area contributed by atoms with Gasteiger partial charge in [0.25, 0.3) is 0 Å². The van der Waals surface area contributed by atoms with E-state index >= 15 is 0 Å². The van der Waals surface area contributed by atoms with Crippen molar-refractivity contribution in [2.75, 3.05) is 0 Å². The molecule has 0 radical (unpaired) electrons. The van der Waals surface area contributed by atoms with Gasteiger partial charge >= 0.3 is 0 Å². The molecule has 2 aromatic carbocycles. The van der Waals surface area contributed by atoms with Gasteiger partial charge in [0, 0.05) is 16.9 Å². The van der Waals surface area contributed by atoms with Crippen molar-refractivity contribution in [2.24, 2.45) is 5.73 Å². The van der Waals surface area contributed by atoms with Crippen LogP contribution in [-0.4, -0.2) is 4.98 Å². The van der Waals surface area contributed by atoms with Crippen LogP contribution in [0.25, 0.3) is 10.2 Å². The van der Waals surface area contributed by atoms with Gasteiger partial charge in [-0.05, 0) is 35.9 Å². The maximum absolute atomic E-state index is 13.3. The van der Waals surface area contributed by atoms with Gasteiger partial charge in [-0.2, -0.15) is 0 Å². The Bertz CT molecular complexity index is 723. The van der Waals surface area contributed by atoms with E-state index in [1.165, 1.54) is 12.1 Å². The topological polar surface area (TPSA) is 38.9 Å². The Kier molecular flexibility index (Phi) is 3.83. The van der Waals surface area contributed by atoms with Gasteiger partial charge in [-0.25, -0.2) is 9.37 Å². The van der Waals surface area contributed by atoms with Crippen LogP contribution < -0.4 is 5.73 Å². The van der Waals surface area contributed by atoms with Crippen molar-refractivity contribution in [2.45, 2.75) is 12.5 Å². The van der Waals surface area contributed by atoms with Crippen molar-refractivity contribution < 1.29 is 4.39 Å². The molecule has 0 amide bonds. The van der Waals surface area contributed by atoms with E-state index in [-0.39, 0.29) is 11.9 Å². The van der Waals surface area contributed by atoms with E-state index < -0.39 is 0 Å². The Balaban J connectivity index is 1.88. The predicted molar refractivity (Wildman–Crippen MR) is 84.4 cm³/mol. The number of nitrogens with zero attached hydrogens (tertiary/aromatic N) is 1. The van der Waals surface area contributed by atoms with Crippen LogP contribution in [0.1, 0.15) is 16.6 Å². The van der Waals surface area contributed by atoms with Crippen LogP contribution in [0, 0.1) is 5.82 Å². The average molecular weight is 351 g/mol. The number of benzene rings is 2. The minimum Gasteiger partial charge on any atom is -0.324 e. The third kappa shape index (κ3) is 2.75. The first kappa shape index (κ1) is 13.7. The van der Waals surface area contributed by atoms with E-state index in [0.29, 0.717) is 6.42 Å². The molecule has 0 saturated heterocycles. The molecule has 1 heterocycles. The molecule has 2 N–H and O–H groups in total. The molecule has 3 aromatic rings. The lowest BCUT2D eigenvalue weighted by atomic mass is 10.1. The Labute approximate surface area is 128 Å². The van der Waals surface area contributed by atoms with Crippen molar-refractivity contribution >= 4 is 37.5 Å². The molecule has 0 aliphatic rings. The summed E-state index contributed by atoms with van der Waals surface area (Å²) in [6.07, 6.45) is 0.599. The molecule has 0 bridgehead atoms. The highest BCUT2D eigenvalue weighted by Crippen LogP contribution is 2.28. The third-order valence-electron chi connectivity index (χ3n) is 3.09. The molecule has 102 valence electrons. The lowest BCUT2D eigenvalue weighted by Gasteiger charge is -2.12. The fraction of sp³-hybridized carbons (Fsp3) is 0.133. The molecule has 0 spiro atoms. The molecule has 1 aromatic heterocycles. The first-order chi connectivity index (χ1) is 9.63. The van der Waals surface area contributed by atoms with Gasteiger partial charge in [0.2, 0.25) is 0 Å². The smallest absolute Gasteiger partial charge is 0.123 e. The number of para-hydroxylation sites is 1. The normalized spacial score (nSPS) is 12.8. The van der Waals surface area contributed by atoms with E-state index in [0.717, 1.165) is 25.3 Å². The predicted octanol–water partition coefficient (Wildman–Crippen LogP) is 4.44. The quantitative estimate of drug-likeness (QED) is 0.758. The molecule has 0 aliphatic carbocycles. The van der Waals surface area contributed by atoms with Crippen LogP contribution in [0.4, 0.5) is 4.39 Å². The summed E-state index contributed by atoms with van der Waals surface area (Å²) < 4.78 is 15.3. The Morgan fingerprint density at radius 3 is 2.85 bits per heavy atom. The first-order valence-electron chi connectivity index (χ1n) is 6.18. The molecular weight excluding hydrogens is 339 g/mol. The largest absolute Gasteiger partial charge is 0.324 e. The van der Waals surface area contributed by atoms with E-state index in [1.807, 2.05) is 24.3 Å². The molecule has 2 nitrogen and oxygen atoms in total. The zero-order valence-electron chi connectivity index (χ0n) is 10.5. The van der Waals surface area contributed by atoms with Crippen molar-refractivity contribution in [3.8, 4) is 0 Å². The number of hydrogen-bond acceptors (Lipinski definition) is 3. The van der Waals surface area contributed by atoms with Crippen LogP contribution in [0.5, 0.6) is 0 Å². The Hall–Kier alpha value is -1.30. The zero-order chi connectivity index (χ0) is 14.1. The van der Waals surface area contributed by atoms with Crippen molar-refractivity contribution in [1.82, 2.24) is 4.98 Å². The van der Waals surface area contributed by atoms with Crippen molar-refractivity contribution in [3.05, 3.63) is 63.3 Å². The molecule has 0 saturated carbocycles. The highest BCUT2D eigenvalue weighted by atomic mass is 79.9. The van der Waals surface area contributed by atoms with Gasteiger partial charge in [-0.3, -0.25) is 0 Å². The summed E-state index contributed by atoms with van der Waals surface area (Å²) >= 11 is 5.05. The number of nitrogens with two attached hydrogens (primary N) is 1. The lowest BCUT2D eigenvalue weighted by molar-refractivity contribution is 0.617. The molecule has 1 unspecified atom stereocenters. The summed E-state index contributed by atoms with van der Waals surface area (Å²) in [5, 5.41) is 0.967. The van der Waals surface area contributed by atoms with E-state index in [1.54, 1.807) is 17.4 Å². The second-order valence-electron chi connectivity index (χ2n) is 4.55. The monoisotopic (exact) mass is 350 g/mol. The summed E-state index contributed by atoms with van der Waals surface area (Å²) in [5.74, 6) is -0.275. The van der Waals surface area contributed by atoms with Crippen LogP contribution in [-0.2, 0) is 6.42 Å². The van der Waals surface area contributed by atoms with Crippen LogP contribution in [0.3, 0.4) is 0 Å². The summed E-state index contributed by atoms with van der Waals surface area (Å²) in [6.45, 7) is 0. The second-order valence-corrected chi connectivity index (χ2v) is 6.52. The van der Waals surface area contributed by atoms with E-state index in [4.69, 9.17) is 5.73 Å². The van der Waals surface area contributed by atoms with Crippen LogP contribution in [0.2, 0.25) is 0 Å². The molecule has 0 fully saturated rings. The van der Waals surface area contributed by atoms with Gasteiger partial charge in [-0.15, -0.1) is 11.3 Å². The lowest BCUT2D eigenvalue weighted by Crippen LogP contribution is -2.14. The summed E-state index contributed by atoms with van der Waals surface area (Å²) in [5.41, 5.74) is 7.94. The van der Waals surface area contributed by atoms with Gasteiger partial charge in [0.15, 0.2) is 0 Å². The Morgan fingerprint density at radius 1 is 1.25 bits per heavy atom. The second kappa shape index (κ2) is 5.60. The molecule has 5 heteroatoms. The number of rotatable bonds is 3. The molecule has 20 heavy (non-hydrogen) atoms. The Morgan fingerprint density at radius 2 is 2.05 bits per heavy atom. The third-order valence-corrected chi connectivity index (χ3v) is 4.87. The number of halogens is 2. The average Bonchev–Trinajstić information content (AvgIpc) is 2.83. The minimum absolute atomic E-state index is 0.275. The molecule has 3 rings (SSSR count). The summed E-state index contributed by atoms with van der Waals surface area (Å²) in [4.78, 5) is 4.56. The molecule has 0 aliphatic heterocycles. The molecule has 1 atom stereocenters. The van der Waals surface area contributed by atoms with E-state index in [9.17, 15) is 4.39 Å². The standard InChI is InChI=1S/C15H12BrFN2S/c16-11-6-5-9(17)7-10(11)12(18)8-15-19-13-3-1-2-4-14(13)20-15/h1-7,12H,8,18H2. The van der Waals surface area contributed by atoms with Gasteiger partial charge in [0.1, 0.15) is 5.82 Å². The minimum atomic E-state index is -0.277. The fourth-order valence-corrected chi connectivity index (χ4v) is 3.67. The van der Waals surface area contributed by atoms with Crippen LogP contribution in [0.15, 0.2) is 46.9 Å². The van der Waals surface area contributed by atoms with E-state index in [2.05, 4.69) is 20.9 Å². The van der Waals surface area contributed by atoms with Gasteiger partial charge in [0.05, 0.1) is 15.2 Å². The van der Waals surface area contributed by atoms with Crippen molar-refractivity contribution in [1.29, 1.82) is 0 Å². The maximum atomic E-state index is 13.3. The van der Waals surface area contributed by atoms with Crippen molar-refractivity contribution in [3.63, 3.8) is 0 Å². The SMILES string of the molecule is NC(Cc1nc2ccccc2s1)c1cc(F)ccc1Br. The highest BCUT2D eigenvalue weighted by Gasteiger charge is 2.14. The van der Waals surface area contributed by atoms with Gasteiger partial charge in [-0.1, -0.05) is 28.1 Å². The number of fused-ring (bicyclic) bond motifs is 1. The maximum Gasteiger partial charge on any atom is 0.123 e.